The molecule has 0 radical (unpaired) electrons. The number of carbonyl (C=O) groups excluding carboxylic acids is 1. The van der Waals surface area contributed by atoms with Crippen LogP contribution in [0.15, 0.2) is 41.1 Å². The van der Waals surface area contributed by atoms with Crippen LogP contribution in [0.3, 0.4) is 0 Å². The normalized spacial score (nSPS) is 11.4. The minimum absolute atomic E-state index is 0.0228. The lowest BCUT2D eigenvalue weighted by molar-refractivity contribution is -0.0498. The van der Waals surface area contributed by atoms with E-state index in [9.17, 15) is 22.0 Å². The van der Waals surface area contributed by atoms with E-state index >= 15 is 0 Å². The Morgan fingerprint density at radius 2 is 1.95 bits per heavy atom. The van der Waals surface area contributed by atoms with Gasteiger partial charge >= 0.3 is 6.61 Å². The van der Waals surface area contributed by atoms with E-state index in [1.54, 1.807) is 0 Å². The second-order valence-corrected chi connectivity index (χ2v) is 5.81. The third kappa shape index (κ3) is 4.52. The number of hydrogen-bond acceptors (Lipinski definition) is 6. The van der Waals surface area contributed by atoms with Gasteiger partial charge in [-0.3, -0.25) is 4.79 Å². The molecule has 1 N–H and O–H groups in total. The van der Waals surface area contributed by atoms with Crippen LogP contribution in [0.25, 0.3) is 0 Å². The molecule has 1 heterocycles. The summed E-state index contributed by atoms with van der Waals surface area (Å²) in [6, 6.07) is 5.94. The van der Waals surface area contributed by atoms with E-state index in [0.717, 1.165) is 12.1 Å². The zero-order valence-electron chi connectivity index (χ0n) is 10.9. The van der Waals surface area contributed by atoms with E-state index < -0.39 is 28.3 Å². The first kappa shape index (κ1) is 15.9. The van der Waals surface area contributed by atoms with Gasteiger partial charge in [-0.1, -0.05) is 5.16 Å². The first-order chi connectivity index (χ1) is 10.4. The topological polar surface area (TPSA) is 98.5 Å². The summed E-state index contributed by atoms with van der Waals surface area (Å²) in [6.07, 6.45) is 1.20. The first-order valence-corrected chi connectivity index (χ1v) is 7.50. The first-order valence-electron chi connectivity index (χ1n) is 5.85. The summed E-state index contributed by atoms with van der Waals surface area (Å²) in [6.45, 7) is -2.98. The summed E-state index contributed by atoms with van der Waals surface area (Å²) in [5.74, 6) is -1.56. The molecule has 1 aromatic heterocycles. The lowest BCUT2D eigenvalue weighted by atomic mass is 10.2. The van der Waals surface area contributed by atoms with Gasteiger partial charge in [0.25, 0.3) is 5.91 Å². The van der Waals surface area contributed by atoms with Crippen molar-refractivity contribution < 1.29 is 31.3 Å². The van der Waals surface area contributed by atoms with Crippen molar-refractivity contribution in [2.24, 2.45) is 0 Å². The van der Waals surface area contributed by atoms with Crippen LogP contribution in [0.1, 0.15) is 16.1 Å². The summed E-state index contributed by atoms with van der Waals surface area (Å²) in [5.41, 5.74) is 0.117. The second kappa shape index (κ2) is 6.52. The molecule has 10 heteroatoms. The zero-order chi connectivity index (χ0) is 16.2. The van der Waals surface area contributed by atoms with Crippen molar-refractivity contribution in [2.75, 3.05) is 0 Å². The largest absolute Gasteiger partial charge is 0.435 e. The molecule has 0 aliphatic rings. The van der Waals surface area contributed by atoms with Gasteiger partial charge in [0.2, 0.25) is 10.0 Å². The molecule has 1 amide bonds. The predicted octanol–water partition coefficient (Wildman–Crippen LogP) is 1.54. The molecule has 0 saturated carbocycles. The summed E-state index contributed by atoms with van der Waals surface area (Å²) < 4.78 is 57.9. The zero-order valence-corrected chi connectivity index (χ0v) is 11.7. The van der Waals surface area contributed by atoms with E-state index in [4.69, 9.17) is 0 Å². The maximum absolute atomic E-state index is 12.0. The number of hydrogen-bond donors (Lipinski definition) is 1. The number of alkyl halides is 2. The molecule has 2 aromatic rings. The molecule has 0 fully saturated rings. The fraction of sp³-hybridized carbons (Fsp3) is 0.167. The van der Waals surface area contributed by atoms with E-state index in [2.05, 4.69) is 14.4 Å². The van der Waals surface area contributed by atoms with E-state index in [1.165, 1.54) is 24.5 Å². The molecule has 22 heavy (non-hydrogen) atoms. The fourth-order valence-electron chi connectivity index (χ4n) is 1.53. The van der Waals surface area contributed by atoms with Gasteiger partial charge in [0.15, 0.2) is 0 Å². The van der Waals surface area contributed by atoms with Crippen molar-refractivity contribution in [1.82, 2.24) is 9.88 Å². The Balaban J connectivity index is 2.02. The van der Waals surface area contributed by atoms with E-state index in [0.29, 0.717) is 0 Å². The Hall–Kier alpha value is -2.49. The number of carbonyl (C=O) groups is 1. The molecule has 7 nitrogen and oxygen atoms in total. The smallest absolute Gasteiger partial charge is 0.387 e. The van der Waals surface area contributed by atoms with Crippen LogP contribution in [0.2, 0.25) is 0 Å². The van der Waals surface area contributed by atoms with Crippen LogP contribution in [0.4, 0.5) is 8.78 Å². The summed E-state index contributed by atoms with van der Waals surface area (Å²) in [7, 11) is -3.95. The number of nitrogens with one attached hydrogen (secondary N) is 1. The number of ether oxygens (including phenoxy) is 1. The summed E-state index contributed by atoms with van der Waals surface area (Å²) in [5, 5.41) is 3.43. The van der Waals surface area contributed by atoms with Gasteiger partial charge in [-0.05, 0) is 24.3 Å². The lowest BCUT2D eigenvalue weighted by Gasteiger charge is -2.07. The van der Waals surface area contributed by atoms with E-state index in [1.807, 2.05) is 4.72 Å². The van der Waals surface area contributed by atoms with Crippen molar-refractivity contribution in [1.29, 1.82) is 0 Å². The van der Waals surface area contributed by atoms with Crippen LogP contribution in [0, 0.1) is 0 Å². The van der Waals surface area contributed by atoms with Crippen molar-refractivity contribution in [3.63, 3.8) is 0 Å². The van der Waals surface area contributed by atoms with Gasteiger partial charge in [-0.2, -0.15) is 8.78 Å². The van der Waals surface area contributed by atoms with Crippen molar-refractivity contribution in [2.45, 2.75) is 12.4 Å². The number of amides is 1. The number of aromatic nitrogens is 1. The highest BCUT2D eigenvalue weighted by atomic mass is 32.2. The molecule has 0 atom stereocenters. The van der Waals surface area contributed by atoms with Crippen LogP contribution in [-0.2, 0) is 15.8 Å². The monoisotopic (exact) mass is 332 g/mol. The highest BCUT2D eigenvalue weighted by Gasteiger charge is 2.18. The maximum Gasteiger partial charge on any atom is 0.387 e. The molecule has 0 aliphatic carbocycles. The Bertz CT molecular complexity index is 729. The van der Waals surface area contributed by atoms with Gasteiger partial charge in [0.1, 0.15) is 23.5 Å². The van der Waals surface area contributed by atoms with Crippen molar-refractivity contribution in [3.8, 4) is 5.75 Å². The third-order valence-corrected chi connectivity index (χ3v) is 3.59. The minimum atomic E-state index is -3.95. The Labute approximate surface area is 123 Å². The van der Waals surface area contributed by atoms with Crippen molar-refractivity contribution >= 4 is 15.9 Å². The maximum atomic E-state index is 12.0. The van der Waals surface area contributed by atoms with Gasteiger partial charge in [-0.25, -0.2) is 13.1 Å². The van der Waals surface area contributed by atoms with Crippen LogP contribution >= 0.6 is 0 Å². The molecule has 2 rings (SSSR count). The second-order valence-electron chi connectivity index (χ2n) is 4.08. The predicted molar refractivity (Wildman–Crippen MR) is 69.7 cm³/mol. The Morgan fingerprint density at radius 3 is 2.50 bits per heavy atom. The number of rotatable bonds is 6. The van der Waals surface area contributed by atoms with Crippen LogP contribution < -0.4 is 9.46 Å². The van der Waals surface area contributed by atoms with Crippen molar-refractivity contribution in [3.05, 3.63) is 47.9 Å². The highest BCUT2D eigenvalue weighted by molar-refractivity contribution is 7.89. The number of nitrogens with zero attached hydrogens (tertiary/aromatic N) is 1. The van der Waals surface area contributed by atoms with Gasteiger partial charge < -0.3 is 9.26 Å². The highest BCUT2D eigenvalue weighted by Crippen LogP contribution is 2.15. The molecule has 0 unspecified atom stereocenters. The molecule has 0 aliphatic heterocycles. The molecule has 0 saturated heterocycles. The SMILES string of the molecule is O=C(NS(=O)(=O)Cc1ccon1)c1ccc(OC(F)F)cc1. The lowest BCUT2D eigenvalue weighted by Crippen LogP contribution is -2.31. The number of benzene rings is 1. The standard InChI is InChI=1S/C12H10F2N2O5S/c13-12(14)21-10-3-1-8(2-4-10)11(17)16-22(18,19)7-9-5-6-20-15-9/h1-6,12H,7H2,(H,16,17). The Morgan fingerprint density at radius 1 is 1.27 bits per heavy atom. The molecular weight excluding hydrogens is 322 g/mol. The molecule has 1 aromatic carbocycles. The number of halogens is 2. The Kier molecular flexibility index (Phi) is 4.71. The average molecular weight is 332 g/mol. The molecule has 0 bridgehead atoms. The minimum Gasteiger partial charge on any atom is -0.435 e. The molecule has 118 valence electrons. The van der Waals surface area contributed by atoms with Crippen LogP contribution in [-0.4, -0.2) is 26.1 Å². The quantitative estimate of drug-likeness (QED) is 0.861. The fourth-order valence-corrected chi connectivity index (χ4v) is 2.54. The summed E-state index contributed by atoms with van der Waals surface area (Å²) >= 11 is 0. The van der Waals surface area contributed by atoms with E-state index in [-0.39, 0.29) is 17.0 Å². The molecule has 0 spiro atoms. The van der Waals surface area contributed by atoms with Gasteiger partial charge in [0.05, 0.1) is 0 Å². The van der Waals surface area contributed by atoms with Gasteiger partial charge in [0, 0.05) is 11.6 Å². The third-order valence-electron chi connectivity index (χ3n) is 2.42. The van der Waals surface area contributed by atoms with Gasteiger partial charge in [-0.15, -0.1) is 0 Å². The average Bonchev–Trinajstić information content (AvgIpc) is 2.90. The van der Waals surface area contributed by atoms with Crippen LogP contribution in [0.5, 0.6) is 5.75 Å². The summed E-state index contributed by atoms with van der Waals surface area (Å²) in [4.78, 5) is 11.8. The molecular formula is C12H10F2N2O5S. The number of sulfonamides is 1.